The highest BCUT2D eigenvalue weighted by molar-refractivity contribution is 6.31. The summed E-state index contributed by atoms with van der Waals surface area (Å²) in [7, 11) is 0. The van der Waals surface area contributed by atoms with Crippen molar-refractivity contribution in [1.82, 2.24) is 10.6 Å². The lowest BCUT2D eigenvalue weighted by Crippen LogP contribution is -2.53. The van der Waals surface area contributed by atoms with Gasteiger partial charge >= 0.3 is 5.97 Å². The molecule has 2 unspecified atom stereocenters. The predicted molar refractivity (Wildman–Crippen MR) is 135 cm³/mol. The van der Waals surface area contributed by atoms with E-state index in [0.717, 1.165) is 27.8 Å². The van der Waals surface area contributed by atoms with Crippen molar-refractivity contribution in [3.63, 3.8) is 0 Å². The lowest BCUT2D eigenvalue weighted by Gasteiger charge is -2.40. The van der Waals surface area contributed by atoms with Gasteiger partial charge in [0.15, 0.2) is 6.04 Å². The quantitative estimate of drug-likeness (QED) is 0.446. The van der Waals surface area contributed by atoms with E-state index in [9.17, 15) is 19.8 Å². The first-order chi connectivity index (χ1) is 16.1. The number of carboxylic acid groups (broad SMARTS) is 1. The molecule has 7 heteroatoms. The average molecular weight is 483 g/mol. The minimum Gasteiger partial charge on any atom is -0.480 e. The van der Waals surface area contributed by atoms with E-state index >= 15 is 0 Å². The van der Waals surface area contributed by atoms with Gasteiger partial charge in [-0.15, -0.1) is 0 Å². The molecule has 3 rings (SSSR count). The molecule has 0 radical (unpaired) electrons. The van der Waals surface area contributed by atoms with Crippen molar-refractivity contribution >= 4 is 29.1 Å². The van der Waals surface area contributed by atoms with E-state index in [1.54, 1.807) is 0 Å². The average Bonchev–Trinajstić information content (AvgIpc) is 2.78. The fourth-order valence-electron chi connectivity index (χ4n) is 4.59. The maximum absolute atomic E-state index is 13.3. The van der Waals surface area contributed by atoms with E-state index in [-0.39, 0.29) is 6.04 Å². The number of halogens is 1. The van der Waals surface area contributed by atoms with Gasteiger partial charge in [-0.05, 0) is 68.0 Å². The zero-order valence-corrected chi connectivity index (χ0v) is 20.6. The monoisotopic (exact) mass is 482 g/mol. The number of carboxylic acids is 1. The fraction of sp³-hybridized carbons (Fsp3) is 0.333. The Kier molecular flexibility index (Phi) is 7.97. The van der Waals surface area contributed by atoms with Gasteiger partial charge in [-0.25, -0.2) is 4.79 Å². The zero-order valence-electron chi connectivity index (χ0n) is 19.9. The van der Waals surface area contributed by atoms with Gasteiger partial charge in [-0.3, -0.25) is 4.79 Å². The molecule has 180 valence electrons. The van der Waals surface area contributed by atoms with Crippen LogP contribution in [-0.4, -0.2) is 40.3 Å². The number of nitrogens with one attached hydrogen (secondary N) is 2. The minimum atomic E-state index is -1.38. The first kappa shape index (κ1) is 25.7. The van der Waals surface area contributed by atoms with Gasteiger partial charge in [-0.2, -0.15) is 0 Å². The second-order valence-corrected chi connectivity index (χ2v) is 9.43. The van der Waals surface area contributed by atoms with Gasteiger partial charge in [0.2, 0.25) is 5.91 Å². The molecule has 0 aliphatic heterocycles. The zero-order chi connectivity index (χ0) is 25.0. The molecule has 0 spiro atoms. The summed E-state index contributed by atoms with van der Waals surface area (Å²) >= 11 is 6.21. The van der Waals surface area contributed by atoms with Crippen molar-refractivity contribution in [2.75, 3.05) is 6.61 Å². The van der Waals surface area contributed by atoms with Crippen LogP contribution in [0.4, 0.5) is 0 Å². The Labute approximate surface area is 205 Å². The highest BCUT2D eigenvalue weighted by atomic mass is 35.5. The molecule has 0 saturated heterocycles. The summed E-state index contributed by atoms with van der Waals surface area (Å²) in [6.45, 7) is 7.08. The smallest absolute Gasteiger partial charge is 0.328 e. The number of carbonyl (C=O) groups excluding carboxylic acids is 1. The number of aliphatic carboxylic acids is 1. The molecule has 4 N–H and O–H groups in total. The van der Waals surface area contributed by atoms with Crippen LogP contribution in [0.3, 0.4) is 0 Å². The first-order valence-corrected chi connectivity index (χ1v) is 11.6. The summed E-state index contributed by atoms with van der Waals surface area (Å²) in [5, 5.41) is 25.5. The van der Waals surface area contributed by atoms with Gasteiger partial charge in [0.1, 0.15) is 0 Å². The Bertz CT molecular complexity index is 1140. The van der Waals surface area contributed by atoms with Crippen LogP contribution in [-0.2, 0) is 9.59 Å². The van der Waals surface area contributed by atoms with Crippen LogP contribution in [0, 0.1) is 6.92 Å². The van der Waals surface area contributed by atoms with Crippen LogP contribution in [0.1, 0.15) is 49.9 Å². The summed E-state index contributed by atoms with van der Waals surface area (Å²) in [5.74, 6) is -1.80. The van der Waals surface area contributed by atoms with Gasteiger partial charge < -0.3 is 20.8 Å². The molecule has 6 nitrogen and oxygen atoms in total. The molecule has 2 aromatic carbocycles. The number of aryl methyl sites for hydroxylation is 1. The van der Waals surface area contributed by atoms with Crippen molar-refractivity contribution < 1.29 is 19.8 Å². The van der Waals surface area contributed by atoms with Crippen molar-refractivity contribution in [3.8, 4) is 0 Å². The van der Waals surface area contributed by atoms with Crippen LogP contribution in [0.2, 0.25) is 5.02 Å². The van der Waals surface area contributed by atoms with Gasteiger partial charge in [0.25, 0.3) is 0 Å². The molecule has 1 aliphatic rings. The van der Waals surface area contributed by atoms with Crippen molar-refractivity contribution in [2.45, 2.75) is 51.7 Å². The van der Waals surface area contributed by atoms with E-state index in [4.69, 9.17) is 11.6 Å². The Morgan fingerprint density at radius 2 is 1.82 bits per heavy atom. The normalized spacial score (nSPS) is 19.9. The molecule has 3 atom stereocenters. The number of benzene rings is 2. The maximum Gasteiger partial charge on any atom is 0.328 e. The van der Waals surface area contributed by atoms with Crippen LogP contribution in [0.15, 0.2) is 65.8 Å². The highest BCUT2D eigenvalue weighted by Gasteiger charge is 2.40. The third-order valence-electron chi connectivity index (χ3n) is 6.26. The van der Waals surface area contributed by atoms with Crippen molar-refractivity contribution in [2.24, 2.45) is 0 Å². The topological polar surface area (TPSA) is 98.7 Å². The molecular formula is C27H31ClN2O4. The maximum atomic E-state index is 13.3. The number of rotatable bonds is 8. The third-order valence-corrected chi connectivity index (χ3v) is 6.68. The van der Waals surface area contributed by atoms with E-state index in [1.807, 2.05) is 82.3 Å². The first-order valence-electron chi connectivity index (χ1n) is 11.2. The highest BCUT2D eigenvalue weighted by Crippen LogP contribution is 2.39. The Morgan fingerprint density at radius 3 is 2.41 bits per heavy atom. The van der Waals surface area contributed by atoms with Crippen LogP contribution in [0.25, 0.3) is 5.57 Å². The van der Waals surface area contributed by atoms with E-state index in [1.165, 1.54) is 0 Å². The summed E-state index contributed by atoms with van der Waals surface area (Å²) in [5.41, 5.74) is 4.49. The second-order valence-electron chi connectivity index (χ2n) is 9.02. The largest absolute Gasteiger partial charge is 0.480 e. The summed E-state index contributed by atoms with van der Waals surface area (Å²) < 4.78 is 0. The molecule has 0 bridgehead atoms. The minimum absolute atomic E-state index is 0.125. The molecule has 1 aliphatic carbocycles. The second kappa shape index (κ2) is 10.6. The van der Waals surface area contributed by atoms with E-state index in [0.29, 0.717) is 17.0 Å². The molecule has 1 amide bonds. The van der Waals surface area contributed by atoms with Crippen molar-refractivity contribution in [3.05, 3.63) is 87.5 Å². The number of aliphatic hydroxyl groups is 1. The Balaban J connectivity index is 2.02. The molecule has 0 saturated carbocycles. The summed E-state index contributed by atoms with van der Waals surface area (Å²) in [6.07, 6.45) is 2.49. The number of hydrogen-bond donors (Lipinski definition) is 4. The summed E-state index contributed by atoms with van der Waals surface area (Å²) in [6, 6.07) is 14.3. The number of carbonyl (C=O) groups is 2. The van der Waals surface area contributed by atoms with E-state index < -0.39 is 30.1 Å². The molecule has 0 heterocycles. The lowest BCUT2D eigenvalue weighted by molar-refractivity contribution is -0.142. The SMILES string of the molecule is CC1=C(C(=O)N[C@@H](CO)C(=O)O)C(C)(NC(C)c2ccc(Cl)c(C)c2)CC(c2ccccc2)=C1. The van der Waals surface area contributed by atoms with E-state index in [2.05, 4.69) is 10.6 Å². The van der Waals surface area contributed by atoms with Crippen molar-refractivity contribution in [1.29, 1.82) is 0 Å². The molecular weight excluding hydrogens is 452 g/mol. The molecule has 2 aromatic rings. The van der Waals surface area contributed by atoms with Gasteiger partial charge in [0, 0.05) is 16.6 Å². The number of amides is 1. The summed E-state index contributed by atoms with van der Waals surface area (Å²) in [4.78, 5) is 24.7. The molecule has 34 heavy (non-hydrogen) atoms. The van der Waals surface area contributed by atoms with Crippen LogP contribution in [0.5, 0.6) is 0 Å². The third kappa shape index (κ3) is 5.58. The number of aliphatic hydroxyl groups excluding tert-OH is 1. The number of allylic oxidation sites excluding steroid dienone is 2. The Morgan fingerprint density at radius 1 is 1.15 bits per heavy atom. The molecule has 0 fully saturated rings. The Hall–Kier alpha value is -2.93. The van der Waals surface area contributed by atoms with Gasteiger partial charge in [-0.1, -0.05) is 60.1 Å². The van der Waals surface area contributed by atoms with Gasteiger partial charge in [0.05, 0.1) is 12.1 Å². The lowest BCUT2D eigenvalue weighted by atomic mass is 9.75. The molecule has 0 aromatic heterocycles. The standard InChI is InChI=1S/C27H31ClN2O4/c1-16-12-20(10-11-22(16)28)18(3)30-27(4)14-21(19-8-6-5-7-9-19)13-17(2)24(27)25(32)29-23(15-31)26(33)34/h5-13,18,23,30-31H,14-15H2,1-4H3,(H,29,32)(H,33,34)/t18?,23-,27?/m0/s1. The fourth-order valence-corrected chi connectivity index (χ4v) is 4.71. The number of hydrogen-bond acceptors (Lipinski definition) is 4. The van der Waals surface area contributed by atoms with Crippen LogP contribution < -0.4 is 10.6 Å². The predicted octanol–water partition coefficient (Wildman–Crippen LogP) is 4.42. The van der Waals surface area contributed by atoms with Crippen LogP contribution >= 0.6 is 11.6 Å².